The van der Waals surface area contributed by atoms with Crippen LogP contribution in [0.3, 0.4) is 0 Å². The van der Waals surface area contributed by atoms with Gasteiger partial charge in [-0.15, -0.1) is 5.10 Å². The van der Waals surface area contributed by atoms with Crippen molar-refractivity contribution in [3.05, 3.63) is 68.4 Å². The molecule has 2 aromatic carbocycles. The maximum Gasteiger partial charge on any atom is 0.133 e. The molecule has 234 valence electrons. The highest BCUT2D eigenvalue weighted by Gasteiger charge is 2.07. The van der Waals surface area contributed by atoms with E-state index in [4.69, 9.17) is 15.3 Å². The predicted octanol–water partition coefficient (Wildman–Crippen LogP) is 4.88. The van der Waals surface area contributed by atoms with E-state index in [9.17, 15) is 0 Å². The summed E-state index contributed by atoms with van der Waals surface area (Å²) in [4.78, 5) is 8.73. The largest absolute Gasteiger partial charge is 0.491 e. The number of nitrogens with two attached hydrogens (primary N) is 1. The molecule has 12 heteroatoms. The Labute approximate surface area is 272 Å². The first-order chi connectivity index (χ1) is 20.7. The highest BCUT2D eigenvalue weighted by atomic mass is 79.9. The van der Waals surface area contributed by atoms with Crippen LogP contribution in [0.1, 0.15) is 29.7 Å². The molecule has 0 aliphatic rings. The van der Waals surface area contributed by atoms with Gasteiger partial charge in [-0.3, -0.25) is 9.67 Å². The summed E-state index contributed by atoms with van der Waals surface area (Å²) in [6, 6.07) is 12.4. The average Bonchev–Trinajstić information content (AvgIpc) is 3.42. The van der Waals surface area contributed by atoms with Gasteiger partial charge in [0, 0.05) is 38.6 Å². The molecule has 1 aromatic heterocycles. The molecule has 0 saturated heterocycles. The van der Waals surface area contributed by atoms with Crippen molar-refractivity contribution in [3.8, 4) is 11.5 Å². The van der Waals surface area contributed by atoms with Crippen LogP contribution in [-0.4, -0.2) is 97.8 Å². The first kappa shape index (κ1) is 34.7. The molecule has 0 atom stereocenters. The van der Waals surface area contributed by atoms with Crippen LogP contribution < -0.4 is 15.3 Å². The summed E-state index contributed by atoms with van der Waals surface area (Å²) in [5, 5.41) is 12.6. The van der Waals surface area contributed by atoms with Crippen molar-refractivity contribution >= 4 is 43.8 Å². The zero-order valence-corrected chi connectivity index (χ0v) is 28.8. The van der Waals surface area contributed by atoms with Gasteiger partial charge in [0.2, 0.25) is 0 Å². The Bertz CT molecular complexity index is 1330. The van der Waals surface area contributed by atoms with Crippen molar-refractivity contribution < 1.29 is 9.47 Å². The van der Waals surface area contributed by atoms with E-state index in [0.29, 0.717) is 19.8 Å². The van der Waals surface area contributed by atoms with Crippen LogP contribution >= 0.6 is 31.9 Å². The number of halogens is 2. The van der Waals surface area contributed by atoms with Crippen LogP contribution in [0.25, 0.3) is 0 Å². The number of aromatic nitrogens is 3. The van der Waals surface area contributed by atoms with E-state index in [0.717, 1.165) is 83.6 Å². The molecular weight excluding hydrogens is 676 g/mol. The second kappa shape index (κ2) is 18.8. The third kappa shape index (κ3) is 13.2. The van der Waals surface area contributed by atoms with Gasteiger partial charge in [0.25, 0.3) is 0 Å². The molecule has 3 rings (SSSR count). The van der Waals surface area contributed by atoms with Crippen molar-refractivity contribution in [2.75, 3.05) is 61.0 Å². The van der Waals surface area contributed by atoms with Crippen LogP contribution in [0, 0.1) is 0 Å². The van der Waals surface area contributed by atoms with Gasteiger partial charge in [-0.2, -0.15) is 5.10 Å². The molecular formula is C31H44Br2N8O2. The summed E-state index contributed by atoms with van der Waals surface area (Å²) in [6.07, 6.45) is 7.86. The third-order valence-electron chi connectivity index (χ3n) is 6.60. The fourth-order valence-corrected chi connectivity index (χ4v) is 5.17. The van der Waals surface area contributed by atoms with Crippen molar-refractivity contribution in [2.45, 2.75) is 38.6 Å². The van der Waals surface area contributed by atoms with Gasteiger partial charge in [-0.05, 0) is 128 Å². The molecule has 0 amide bonds. The number of aryl methyl sites for hydroxylation is 3. The zero-order chi connectivity index (χ0) is 31.0. The molecule has 0 radical (unpaired) electrons. The van der Waals surface area contributed by atoms with Gasteiger partial charge >= 0.3 is 0 Å². The summed E-state index contributed by atoms with van der Waals surface area (Å²) < 4.78 is 15.5. The van der Waals surface area contributed by atoms with E-state index in [1.807, 2.05) is 51.2 Å². The fraction of sp³-hybridized carbons (Fsp3) is 0.484. The Kier molecular flexibility index (Phi) is 15.1. The second-order valence-electron chi connectivity index (χ2n) is 10.8. The van der Waals surface area contributed by atoms with Gasteiger partial charge < -0.3 is 25.1 Å². The number of aliphatic imine (C=N–C) groups is 1. The number of hydrazone groups is 1. The van der Waals surface area contributed by atoms with Crippen LogP contribution in [0.4, 0.5) is 0 Å². The van der Waals surface area contributed by atoms with Crippen molar-refractivity contribution in [1.82, 2.24) is 24.8 Å². The van der Waals surface area contributed by atoms with E-state index < -0.39 is 0 Å². The molecule has 0 aliphatic heterocycles. The number of benzene rings is 2. The van der Waals surface area contributed by atoms with Crippen molar-refractivity contribution in [3.63, 3.8) is 0 Å². The van der Waals surface area contributed by atoms with Gasteiger partial charge in [-0.1, -0.05) is 17.3 Å². The van der Waals surface area contributed by atoms with Crippen LogP contribution in [0.2, 0.25) is 0 Å². The normalized spacial score (nSPS) is 12.1. The van der Waals surface area contributed by atoms with Gasteiger partial charge in [0.1, 0.15) is 24.7 Å². The highest BCUT2D eigenvalue weighted by Crippen LogP contribution is 2.27. The minimum absolute atomic E-state index is 0.649. The Morgan fingerprint density at radius 1 is 0.907 bits per heavy atom. The lowest BCUT2D eigenvalue weighted by atomic mass is 10.1. The van der Waals surface area contributed by atoms with Gasteiger partial charge in [0.15, 0.2) is 0 Å². The minimum atomic E-state index is 0.649. The first-order valence-electron chi connectivity index (χ1n) is 14.5. The Morgan fingerprint density at radius 2 is 1.51 bits per heavy atom. The van der Waals surface area contributed by atoms with Gasteiger partial charge in [-0.25, -0.2) is 0 Å². The van der Waals surface area contributed by atoms with E-state index >= 15 is 0 Å². The monoisotopic (exact) mass is 718 g/mol. The summed E-state index contributed by atoms with van der Waals surface area (Å²) >= 11 is 7.24. The summed E-state index contributed by atoms with van der Waals surface area (Å²) in [7, 11) is 8.13. The Hall–Kier alpha value is -2.80. The number of hydrogen-bond donors (Lipinski definition) is 1. The third-order valence-corrected chi connectivity index (χ3v) is 7.84. The Morgan fingerprint density at radius 3 is 2.07 bits per heavy atom. The number of ether oxygens (including phenoxy) is 2. The average molecular weight is 721 g/mol. The maximum atomic E-state index is 5.85. The van der Waals surface area contributed by atoms with E-state index in [1.165, 1.54) is 11.1 Å². The van der Waals surface area contributed by atoms with E-state index in [-0.39, 0.29) is 0 Å². The molecule has 0 saturated carbocycles. The minimum Gasteiger partial charge on any atom is -0.491 e. The Balaban J connectivity index is 1.35. The highest BCUT2D eigenvalue weighted by molar-refractivity contribution is 9.10. The fourth-order valence-electron chi connectivity index (χ4n) is 4.09. The van der Waals surface area contributed by atoms with Crippen LogP contribution in [-0.2, 0) is 25.8 Å². The molecule has 3 aromatic rings. The molecule has 0 unspecified atom stereocenters. The molecule has 10 nitrogen and oxygen atoms in total. The lowest BCUT2D eigenvalue weighted by molar-refractivity contribution is 0.260. The summed E-state index contributed by atoms with van der Waals surface area (Å²) in [5.41, 5.74) is 4.13. The molecule has 2 N–H and O–H groups in total. The smallest absolute Gasteiger partial charge is 0.133 e. The maximum absolute atomic E-state index is 5.85. The molecule has 0 spiro atoms. The number of nitrogens with zero attached hydrogens (tertiary/aromatic N) is 7. The molecule has 1 heterocycles. The first-order valence-corrected chi connectivity index (χ1v) is 16.1. The quantitative estimate of drug-likeness (QED) is 0.107. The lowest BCUT2D eigenvalue weighted by Gasteiger charge is -2.13. The molecule has 0 aliphatic carbocycles. The predicted molar refractivity (Wildman–Crippen MR) is 182 cm³/mol. The standard InChI is InChI=1S/C31H44Br2N8O2/c1-39(2)16-18-42-30-10-8-24(20-28(30)32)12-14-35-22-26(36-34)6-5-7-27-23-41(38-37-27)15-13-25-9-11-31(29(33)21-25)43-19-17-40(3)4/h8-11,20-23H,5-7,12-19,34H2,1-4H3. The topological polar surface area (TPSA) is 106 Å². The summed E-state index contributed by atoms with van der Waals surface area (Å²) in [5.74, 6) is 7.34. The number of hydrogen-bond acceptors (Lipinski definition) is 9. The summed E-state index contributed by atoms with van der Waals surface area (Å²) in [6.45, 7) is 4.46. The van der Waals surface area contributed by atoms with Crippen molar-refractivity contribution in [2.24, 2.45) is 15.9 Å². The van der Waals surface area contributed by atoms with Crippen LogP contribution in [0.5, 0.6) is 11.5 Å². The van der Waals surface area contributed by atoms with Crippen molar-refractivity contribution in [1.29, 1.82) is 0 Å². The molecule has 0 fully saturated rings. The zero-order valence-electron chi connectivity index (χ0n) is 25.7. The van der Waals surface area contributed by atoms with E-state index in [2.05, 4.69) is 86.3 Å². The second-order valence-corrected chi connectivity index (χ2v) is 12.5. The van der Waals surface area contributed by atoms with Crippen LogP contribution in [0.15, 0.2) is 61.6 Å². The number of rotatable bonds is 19. The van der Waals surface area contributed by atoms with E-state index in [1.54, 1.807) is 6.21 Å². The molecule has 43 heavy (non-hydrogen) atoms. The SMILES string of the molecule is CN(C)CCOc1ccc(CCN=CC(CCCc2cn(CCc3ccc(OCCN(C)C)c(Br)c3)nn2)=NN)cc1Br. The van der Waals surface area contributed by atoms with Gasteiger partial charge in [0.05, 0.1) is 20.4 Å². The number of likely N-dealkylation sites (N-methyl/N-ethyl adjacent to an activating group) is 2. The lowest BCUT2D eigenvalue weighted by Crippen LogP contribution is -2.19. The molecule has 0 bridgehead atoms.